The first-order valence-electron chi connectivity index (χ1n) is 45.9. The maximum atomic E-state index is 6.49. The Kier molecular flexibility index (Phi) is 23.2. The van der Waals surface area contributed by atoms with Gasteiger partial charge < -0.3 is 17.7 Å². The average molecular weight is 1910 g/mol. The second-order valence-corrected chi connectivity index (χ2v) is 35.1. The van der Waals surface area contributed by atoms with E-state index >= 15 is 0 Å². The Labute approximate surface area is 831 Å². The summed E-state index contributed by atoms with van der Waals surface area (Å²) in [5.41, 5.74) is 24.3. The van der Waals surface area contributed by atoms with E-state index in [9.17, 15) is 0 Å². The van der Waals surface area contributed by atoms with Crippen molar-refractivity contribution in [2.75, 3.05) is 0 Å². The lowest BCUT2D eigenvalue weighted by molar-refractivity contribution is 0.669. The monoisotopic (exact) mass is 1910 g/mol. The SMILES string of the molecule is Clc1nc(-c2ccccc2)nc(-c2cccc3oc4c(-c5ccc(-c6ccccc6)cc5)cccc4c23)n1.Clc1nc(-c2ccccc2)nc(-c2cccc3oc4c(-c5ccc6ccccc6c5)cccc4c23)n1.Clc1nc(-c2ccccc2)nc(-c2cccc3oc4c(-c5cccc6ccccc56)cccc4c23)n1.Clc1nc(-c2ccccc2)nc(-c2cccc3oc4c(-c5ccccc5)cccc4c23)n1. The molecule has 0 N–H and O–H groups in total. The first-order chi connectivity index (χ1) is 70.0. The zero-order valence-corrected chi connectivity index (χ0v) is 78.1. The molecule has 0 amide bonds. The lowest BCUT2D eigenvalue weighted by Gasteiger charge is -2.08. The van der Waals surface area contributed by atoms with E-state index in [2.05, 4.69) is 252 Å². The molecule has 0 aliphatic carbocycles. The van der Waals surface area contributed by atoms with Gasteiger partial charge in [0.2, 0.25) is 21.1 Å². The summed E-state index contributed by atoms with van der Waals surface area (Å²) in [4.78, 5) is 54.4. The van der Waals surface area contributed by atoms with Crippen LogP contribution in [0.3, 0.4) is 0 Å². The Morgan fingerprint density at radius 1 is 0.141 bits per heavy atom. The highest BCUT2D eigenvalue weighted by atomic mass is 35.5. The summed E-state index contributed by atoms with van der Waals surface area (Å²) in [5, 5.41) is 13.2. The molecule has 27 rings (SSSR count). The molecule has 0 fully saturated rings. The standard InChI is InChI=1S/C33H20ClN3O.2C31H18ClN3O.C27H16ClN3O/c34-33-36-31(24-11-5-2-6-12-24)35-32(37-33)27-15-8-16-28-29(27)26-14-7-13-25(30(26)38-28)23-19-17-22(18-20-23)21-9-3-1-4-10-21;32-31-34-29(20-10-2-1-3-11-20)33-30(35-31)25-17-8-18-26-27(25)24-16-7-15-23(28(24)36-26)22-14-6-12-19-9-4-5-13-21(19)22;32-31-34-29(20-9-2-1-3-10-20)33-30(35-31)25-14-7-15-26-27(25)24-13-6-12-23(28(24)36-26)22-17-16-19-8-4-5-11-21(19)18-22;28-27-30-25(18-11-5-2-6-12-18)29-26(31-27)21-15-8-16-22-23(21)20-14-7-13-19(24(20)32-22)17-9-3-1-4-10-17/h1-20H;2*1-18H;1-16H. The van der Waals surface area contributed by atoms with Crippen LogP contribution in [0.15, 0.2) is 454 Å². The first-order valence-corrected chi connectivity index (χ1v) is 47.4. The summed E-state index contributed by atoms with van der Waals surface area (Å²) in [5.74, 6) is 4.19. The van der Waals surface area contributed by atoms with Gasteiger partial charge in [0.1, 0.15) is 44.7 Å². The van der Waals surface area contributed by atoms with Gasteiger partial charge >= 0.3 is 0 Å². The number of furan rings is 4. The lowest BCUT2D eigenvalue weighted by Crippen LogP contribution is -1.97. The third-order valence-electron chi connectivity index (χ3n) is 25.1. The van der Waals surface area contributed by atoms with Gasteiger partial charge in [0.25, 0.3) is 0 Å². The summed E-state index contributed by atoms with van der Waals surface area (Å²) in [7, 11) is 0. The van der Waals surface area contributed by atoms with Crippen molar-refractivity contribution in [3.8, 4) is 147 Å². The van der Waals surface area contributed by atoms with Crippen molar-refractivity contribution in [1.82, 2.24) is 59.8 Å². The number of fused-ring (bicyclic) bond motifs is 14. The molecule has 19 aromatic carbocycles. The fourth-order valence-electron chi connectivity index (χ4n) is 18.7. The first kappa shape index (κ1) is 86.9. The number of rotatable bonds is 13. The summed E-state index contributed by atoms with van der Waals surface area (Å²) < 4.78 is 25.7. The predicted octanol–water partition coefficient (Wildman–Crippen LogP) is 33.7. The molecule has 0 aliphatic rings. The molecule has 0 spiro atoms. The topological polar surface area (TPSA) is 207 Å². The fraction of sp³-hybridized carbons (Fsp3) is 0. The van der Waals surface area contributed by atoms with Gasteiger partial charge in [-0.3, -0.25) is 0 Å². The third-order valence-corrected chi connectivity index (χ3v) is 25.8. The van der Waals surface area contributed by atoms with Crippen molar-refractivity contribution in [2.45, 2.75) is 0 Å². The Hall–Kier alpha value is -17.9. The van der Waals surface area contributed by atoms with Crippen LogP contribution in [0.2, 0.25) is 21.1 Å². The van der Waals surface area contributed by atoms with Crippen LogP contribution in [0.5, 0.6) is 0 Å². The minimum atomic E-state index is 0.151. The summed E-state index contributed by atoms with van der Waals surface area (Å²) in [6, 6.07) is 147. The smallest absolute Gasteiger partial charge is 0.226 e. The van der Waals surface area contributed by atoms with E-state index in [0.717, 1.165) is 177 Å². The number of para-hydroxylation sites is 4. The van der Waals surface area contributed by atoms with Crippen molar-refractivity contribution in [1.29, 1.82) is 0 Å². The van der Waals surface area contributed by atoms with Crippen molar-refractivity contribution >= 4 is 156 Å². The minimum absolute atomic E-state index is 0.151. The Bertz CT molecular complexity index is 9480. The van der Waals surface area contributed by atoms with Gasteiger partial charge in [-0.2, -0.15) is 39.9 Å². The van der Waals surface area contributed by atoms with E-state index in [0.29, 0.717) is 46.6 Å². The van der Waals surface area contributed by atoms with Crippen molar-refractivity contribution in [2.24, 2.45) is 0 Å². The molecule has 142 heavy (non-hydrogen) atoms. The minimum Gasteiger partial charge on any atom is -0.455 e. The van der Waals surface area contributed by atoms with Gasteiger partial charge in [-0.1, -0.05) is 406 Å². The maximum Gasteiger partial charge on any atom is 0.226 e. The molecule has 0 radical (unpaired) electrons. The van der Waals surface area contributed by atoms with Crippen molar-refractivity contribution in [3.05, 3.63) is 458 Å². The summed E-state index contributed by atoms with van der Waals surface area (Å²) >= 11 is 25.4. The lowest BCUT2D eigenvalue weighted by atomic mass is 9.96. The number of halogens is 4. The van der Waals surface area contributed by atoms with Crippen LogP contribution in [0.1, 0.15) is 0 Å². The maximum absolute atomic E-state index is 6.49. The predicted molar refractivity (Wildman–Crippen MR) is 574 cm³/mol. The van der Waals surface area contributed by atoms with E-state index in [1.54, 1.807) is 0 Å². The molecule has 20 heteroatoms. The van der Waals surface area contributed by atoms with Crippen LogP contribution in [-0.4, -0.2) is 59.8 Å². The molecule has 672 valence electrons. The van der Waals surface area contributed by atoms with Crippen LogP contribution in [-0.2, 0) is 0 Å². The molecule has 0 bridgehead atoms. The molecule has 0 saturated carbocycles. The van der Waals surface area contributed by atoms with Crippen LogP contribution in [0.25, 0.3) is 256 Å². The van der Waals surface area contributed by atoms with Crippen molar-refractivity contribution in [3.63, 3.8) is 0 Å². The van der Waals surface area contributed by atoms with Crippen molar-refractivity contribution < 1.29 is 17.7 Å². The summed E-state index contributed by atoms with van der Waals surface area (Å²) in [6.07, 6.45) is 0. The second-order valence-electron chi connectivity index (χ2n) is 33.7. The molecule has 27 aromatic rings. The molecule has 8 aromatic heterocycles. The molecular weight excluding hydrogens is 1840 g/mol. The van der Waals surface area contributed by atoms with Gasteiger partial charge in [0.15, 0.2) is 46.6 Å². The number of hydrogen-bond donors (Lipinski definition) is 0. The molecule has 0 unspecified atom stereocenters. The molecule has 0 saturated heterocycles. The number of hydrogen-bond acceptors (Lipinski definition) is 16. The fourth-order valence-corrected chi connectivity index (χ4v) is 19.3. The highest BCUT2D eigenvalue weighted by Crippen LogP contribution is 2.48. The van der Waals surface area contributed by atoms with Crippen LogP contribution < -0.4 is 0 Å². The van der Waals surface area contributed by atoms with Crippen LogP contribution in [0, 0.1) is 0 Å². The highest BCUT2D eigenvalue weighted by molar-refractivity contribution is 6.30. The third kappa shape index (κ3) is 16.9. The summed E-state index contributed by atoms with van der Waals surface area (Å²) in [6.45, 7) is 0. The van der Waals surface area contributed by atoms with Crippen LogP contribution >= 0.6 is 46.4 Å². The number of aromatic nitrogens is 12. The highest BCUT2D eigenvalue weighted by Gasteiger charge is 2.26. The Morgan fingerprint density at radius 3 is 0.746 bits per heavy atom. The zero-order valence-electron chi connectivity index (χ0n) is 75.1. The second kappa shape index (κ2) is 37.9. The molecule has 8 heterocycles. The molecular formula is C122H72Cl4N12O4. The van der Waals surface area contributed by atoms with Gasteiger partial charge in [0, 0.05) is 110 Å². The molecule has 0 atom stereocenters. The normalized spacial score (nSPS) is 11.4. The van der Waals surface area contributed by atoms with E-state index in [1.807, 2.05) is 224 Å². The average Bonchev–Trinajstić information content (AvgIpc) is 1.64. The van der Waals surface area contributed by atoms with Gasteiger partial charge in [-0.25, -0.2) is 19.9 Å². The van der Waals surface area contributed by atoms with E-state index in [1.165, 1.54) is 32.7 Å². The Balaban J connectivity index is 0.000000102. The number of nitrogens with zero attached hydrogens (tertiary/aromatic N) is 12. The largest absolute Gasteiger partial charge is 0.455 e. The van der Waals surface area contributed by atoms with Gasteiger partial charge in [-0.05, 0) is 132 Å². The van der Waals surface area contributed by atoms with E-state index in [4.69, 9.17) is 84.0 Å². The van der Waals surface area contributed by atoms with Gasteiger partial charge in [0.05, 0.1) is 0 Å². The van der Waals surface area contributed by atoms with E-state index < -0.39 is 0 Å². The zero-order chi connectivity index (χ0) is 95.1. The van der Waals surface area contributed by atoms with Crippen LogP contribution in [0.4, 0.5) is 0 Å². The Morgan fingerprint density at radius 2 is 0.373 bits per heavy atom. The van der Waals surface area contributed by atoms with E-state index in [-0.39, 0.29) is 21.1 Å². The number of benzene rings is 19. The molecule has 16 nitrogen and oxygen atoms in total. The quantitative estimate of drug-likeness (QED) is 0.105. The molecule has 0 aliphatic heterocycles. The van der Waals surface area contributed by atoms with Gasteiger partial charge in [-0.15, -0.1) is 0 Å².